The minimum atomic E-state index is -0.696. The minimum Gasteiger partial charge on any atom is -0.507 e. The van der Waals surface area contributed by atoms with Crippen molar-refractivity contribution in [2.24, 2.45) is 0 Å². The van der Waals surface area contributed by atoms with Crippen LogP contribution in [-0.4, -0.2) is 60.4 Å². The van der Waals surface area contributed by atoms with Gasteiger partial charge in [-0.25, -0.2) is 0 Å². The molecule has 1 atom stereocenters. The Hall–Kier alpha value is -4.10. The Balaban J connectivity index is 1.61. The fourth-order valence-electron chi connectivity index (χ4n) is 4.89. The molecule has 216 valence electrons. The van der Waals surface area contributed by atoms with Crippen molar-refractivity contribution in [3.8, 4) is 11.5 Å². The molecule has 0 saturated carbocycles. The highest BCUT2D eigenvalue weighted by Gasteiger charge is 2.45. The van der Waals surface area contributed by atoms with Crippen LogP contribution in [0, 0.1) is 6.92 Å². The summed E-state index contributed by atoms with van der Waals surface area (Å²) in [6.45, 7) is 6.36. The summed E-state index contributed by atoms with van der Waals surface area (Å²) >= 11 is 0. The van der Waals surface area contributed by atoms with Crippen LogP contribution in [0.4, 0.5) is 0 Å². The Morgan fingerprint density at radius 1 is 0.902 bits per heavy atom. The van der Waals surface area contributed by atoms with Gasteiger partial charge in [-0.05, 0) is 93.5 Å². The van der Waals surface area contributed by atoms with Crippen LogP contribution in [0.3, 0.4) is 0 Å². The van der Waals surface area contributed by atoms with Crippen molar-refractivity contribution in [2.75, 3.05) is 33.8 Å². The number of ether oxygens (including phenoxy) is 2. The van der Waals surface area contributed by atoms with Crippen LogP contribution in [0.25, 0.3) is 5.76 Å². The molecule has 1 aliphatic rings. The van der Waals surface area contributed by atoms with Gasteiger partial charge < -0.3 is 24.4 Å². The summed E-state index contributed by atoms with van der Waals surface area (Å²) < 4.78 is 11.8. The quantitative estimate of drug-likeness (QED) is 0.118. The maximum absolute atomic E-state index is 13.3. The second-order valence-corrected chi connectivity index (χ2v) is 10.7. The number of likely N-dealkylation sites (tertiary alicyclic amines) is 1. The van der Waals surface area contributed by atoms with Crippen molar-refractivity contribution in [1.29, 1.82) is 0 Å². The summed E-state index contributed by atoms with van der Waals surface area (Å²) in [5.74, 6) is -0.105. The Labute approximate surface area is 243 Å². The zero-order valence-corrected chi connectivity index (χ0v) is 24.4. The fourth-order valence-corrected chi connectivity index (χ4v) is 4.89. The fraction of sp³-hybridized carbons (Fsp3) is 0.353. The van der Waals surface area contributed by atoms with E-state index < -0.39 is 17.7 Å². The highest BCUT2D eigenvalue weighted by Crippen LogP contribution is 2.40. The van der Waals surface area contributed by atoms with Crippen molar-refractivity contribution in [3.63, 3.8) is 0 Å². The molecule has 4 rings (SSSR count). The number of unbranched alkanes of at least 4 members (excludes halogenated alkanes) is 1. The third-order valence-electron chi connectivity index (χ3n) is 7.29. The molecule has 7 nitrogen and oxygen atoms in total. The third kappa shape index (κ3) is 7.35. The number of aliphatic hydroxyl groups excluding tert-OH is 1. The zero-order valence-electron chi connectivity index (χ0n) is 24.4. The highest BCUT2D eigenvalue weighted by atomic mass is 16.5. The molecular formula is C34H40N2O5. The molecule has 1 saturated heterocycles. The van der Waals surface area contributed by atoms with E-state index in [4.69, 9.17) is 9.47 Å². The van der Waals surface area contributed by atoms with Crippen LogP contribution in [0.15, 0.2) is 78.4 Å². The molecule has 1 unspecified atom stereocenters. The van der Waals surface area contributed by atoms with Gasteiger partial charge in [-0.1, -0.05) is 49.7 Å². The number of ketones is 1. The minimum absolute atomic E-state index is 0.0908. The lowest BCUT2D eigenvalue weighted by atomic mass is 9.95. The molecule has 3 aromatic rings. The van der Waals surface area contributed by atoms with E-state index in [1.807, 2.05) is 74.4 Å². The number of nitrogens with zero attached hydrogens (tertiary/aromatic N) is 2. The zero-order chi connectivity index (χ0) is 29.4. The van der Waals surface area contributed by atoms with Crippen LogP contribution in [0.5, 0.6) is 11.5 Å². The summed E-state index contributed by atoms with van der Waals surface area (Å²) in [4.78, 5) is 30.2. The van der Waals surface area contributed by atoms with Crippen LogP contribution in [0.2, 0.25) is 0 Å². The summed E-state index contributed by atoms with van der Waals surface area (Å²) in [6.07, 6.45) is 2.70. The maximum Gasteiger partial charge on any atom is 0.295 e. The lowest BCUT2D eigenvalue weighted by Crippen LogP contribution is -2.32. The molecule has 0 aliphatic carbocycles. The molecule has 1 aliphatic heterocycles. The van der Waals surface area contributed by atoms with E-state index in [0.29, 0.717) is 37.5 Å². The van der Waals surface area contributed by atoms with Gasteiger partial charge in [0, 0.05) is 12.1 Å². The third-order valence-corrected chi connectivity index (χ3v) is 7.29. The van der Waals surface area contributed by atoms with Gasteiger partial charge in [-0.2, -0.15) is 0 Å². The summed E-state index contributed by atoms with van der Waals surface area (Å²) in [5, 5.41) is 11.4. The van der Waals surface area contributed by atoms with Crippen molar-refractivity contribution in [1.82, 2.24) is 9.80 Å². The predicted molar refractivity (Wildman–Crippen MR) is 161 cm³/mol. The first-order valence-corrected chi connectivity index (χ1v) is 14.2. The predicted octanol–water partition coefficient (Wildman–Crippen LogP) is 6.13. The van der Waals surface area contributed by atoms with Gasteiger partial charge in [0.2, 0.25) is 0 Å². The van der Waals surface area contributed by atoms with Gasteiger partial charge in [0.05, 0.1) is 18.2 Å². The number of aliphatic hydroxyl groups is 1. The number of benzene rings is 3. The van der Waals surface area contributed by atoms with Crippen LogP contribution < -0.4 is 9.47 Å². The second kappa shape index (κ2) is 14.0. The number of hydrogen-bond donors (Lipinski definition) is 1. The van der Waals surface area contributed by atoms with E-state index in [-0.39, 0.29) is 11.3 Å². The molecule has 0 radical (unpaired) electrons. The summed E-state index contributed by atoms with van der Waals surface area (Å²) in [5.41, 5.74) is 3.53. The summed E-state index contributed by atoms with van der Waals surface area (Å²) in [6, 6.07) is 21.7. The molecule has 1 N–H and O–H groups in total. The van der Waals surface area contributed by atoms with Gasteiger partial charge in [-0.3, -0.25) is 9.59 Å². The van der Waals surface area contributed by atoms with Crippen LogP contribution >= 0.6 is 0 Å². The normalized spacial score (nSPS) is 16.4. The Kier molecular flexibility index (Phi) is 10.2. The number of hydrogen-bond acceptors (Lipinski definition) is 6. The highest BCUT2D eigenvalue weighted by molar-refractivity contribution is 6.46. The van der Waals surface area contributed by atoms with Gasteiger partial charge >= 0.3 is 0 Å². The number of aryl methyl sites for hydroxylation is 1. The number of carbonyl (C=O) groups excluding carboxylic acids is 2. The molecule has 0 spiro atoms. The molecule has 3 aromatic carbocycles. The van der Waals surface area contributed by atoms with Gasteiger partial charge in [0.1, 0.15) is 23.9 Å². The molecule has 1 amide bonds. The first-order chi connectivity index (χ1) is 19.8. The molecular weight excluding hydrogens is 516 g/mol. The standard InChI is InChI=1S/C34H40N2O5/c1-5-6-22-40-28-16-12-25(13-17-28)31-30(33(38)34(39)36(31)21-9-20-35(3)4)32(37)26-14-18-29(19-15-26)41-23-27-11-8-7-10-24(27)2/h7-8,10-19,31,37H,5-6,9,20-23H2,1-4H3/b32-30+. The van der Waals surface area contributed by atoms with E-state index in [1.165, 1.54) is 0 Å². The Bertz CT molecular complexity index is 1360. The topological polar surface area (TPSA) is 79.3 Å². The average molecular weight is 557 g/mol. The Morgan fingerprint density at radius 2 is 1.56 bits per heavy atom. The molecule has 41 heavy (non-hydrogen) atoms. The first kappa shape index (κ1) is 29.9. The van der Waals surface area contributed by atoms with Gasteiger partial charge in [0.25, 0.3) is 11.7 Å². The average Bonchev–Trinajstić information content (AvgIpc) is 3.22. The molecule has 0 aromatic heterocycles. The van der Waals surface area contributed by atoms with E-state index in [0.717, 1.165) is 41.8 Å². The van der Waals surface area contributed by atoms with Crippen molar-refractivity contribution >= 4 is 17.4 Å². The number of carbonyl (C=O) groups is 2. The van der Waals surface area contributed by atoms with E-state index in [2.05, 4.69) is 6.92 Å². The lowest BCUT2D eigenvalue weighted by molar-refractivity contribution is -0.139. The van der Waals surface area contributed by atoms with Gasteiger partial charge in [-0.15, -0.1) is 0 Å². The van der Waals surface area contributed by atoms with Crippen molar-refractivity contribution in [3.05, 3.63) is 101 Å². The Morgan fingerprint density at radius 3 is 2.22 bits per heavy atom. The second-order valence-electron chi connectivity index (χ2n) is 10.7. The largest absolute Gasteiger partial charge is 0.507 e. The van der Waals surface area contributed by atoms with Crippen molar-refractivity contribution in [2.45, 2.75) is 45.8 Å². The monoisotopic (exact) mass is 556 g/mol. The summed E-state index contributed by atoms with van der Waals surface area (Å²) in [7, 11) is 3.94. The van der Waals surface area contributed by atoms with Gasteiger partial charge in [0.15, 0.2) is 0 Å². The first-order valence-electron chi connectivity index (χ1n) is 14.2. The molecule has 0 bridgehead atoms. The molecule has 7 heteroatoms. The van der Waals surface area contributed by atoms with Crippen LogP contribution in [0.1, 0.15) is 54.5 Å². The van der Waals surface area contributed by atoms with Crippen LogP contribution in [-0.2, 0) is 16.2 Å². The van der Waals surface area contributed by atoms with E-state index in [9.17, 15) is 14.7 Å². The maximum atomic E-state index is 13.3. The number of amides is 1. The van der Waals surface area contributed by atoms with E-state index >= 15 is 0 Å². The molecule has 1 heterocycles. The number of Topliss-reactive ketones (excluding diaryl/α,β-unsaturated/α-hetero) is 1. The SMILES string of the molecule is CCCCOc1ccc(C2/C(=C(\O)c3ccc(OCc4ccccc4C)cc3)C(=O)C(=O)N2CCCN(C)C)cc1. The lowest BCUT2D eigenvalue weighted by Gasteiger charge is -2.26. The smallest absolute Gasteiger partial charge is 0.295 e. The van der Waals surface area contributed by atoms with E-state index in [1.54, 1.807) is 29.2 Å². The van der Waals surface area contributed by atoms with Crippen molar-refractivity contribution < 1.29 is 24.2 Å². The molecule has 1 fully saturated rings. The number of rotatable bonds is 13.